The minimum atomic E-state index is -0.954. The fourth-order valence-corrected chi connectivity index (χ4v) is 0.933. The second-order valence-electron chi connectivity index (χ2n) is 2.93. The number of carboxylic acid groups (broad SMARTS) is 1. The highest BCUT2D eigenvalue weighted by atomic mass is 16.4. The average Bonchev–Trinajstić information content (AvgIpc) is 1.96. The molecule has 0 radical (unpaired) electrons. The zero-order valence-electron chi connectivity index (χ0n) is 7.66. The lowest BCUT2D eigenvalue weighted by atomic mass is 10.3. The molecule has 0 saturated carbocycles. The third kappa shape index (κ3) is 4.96. The van der Waals surface area contributed by atoms with Gasteiger partial charge in [0.2, 0.25) is 0 Å². The molecule has 1 atom stereocenters. The van der Waals surface area contributed by atoms with E-state index in [1.54, 1.807) is 6.92 Å². The molecular formula is C8H17NO3. The lowest BCUT2D eigenvalue weighted by molar-refractivity contribution is 0.104. The highest BCUT2D eigenvalue weighted by Gasteiger charge is 2.12. The zero-order valence-corrected chi connectivity index (χ0v) is 7.66. The Hall–Kier alpha value is -0.770. The van der Waals surface area contributed by atoms with Crippen LogP contribution < -0.4 is 0 Å². The van der Waals surface area contributed by atoms with E-state index in [1.807, 2.05) is 6.92 Å². The lowest BCUT2D eigenvalue weighted by Gasteiger charge is -2.19. The lowest BCUT2D eigenvalue weighted by Crippen LogP contribution is -2.36. The Morgan fingerprint density at radius 3 is 2.50 bits per heavy atom. The molecule has 0 aliphatic carbocycles. The van der Waals surface area contributed by atoms with Gasteiger partial charge in [0.25, 0.3) is 0 Å². The van der Waals surface area contributed by atoms with Gasteiger partial charge in [-0.3, -0.25) is 0 Å². The van der Waals surface area contributed by atoms with Crippen molar-refractivity contribution in [3.8, 4) is 0 Å². The number of rotatable bonds is 5. The highest BCUT2D eigenvalue weighted by Crippen LogP contribution is 1.97. The van der Waals surface area contributed by atoms with Crippen LogP contribution in [0.3, 0.4) is 0 Å². The van der Waals surface area contributed by atoms with Gasteiger partial charge < -0.3 is 15.1 Å². The molecule has 4 nitrogen and oxygen atoms in total. The first-order chi connectivity index (χ1) is 5.57. The van der Waals surface area contributed by atoms with Crippen molar-refractivity contribution >= 4 is 6.09 Å². The van der Waals surface area contributed by atoms with Crippen LogP contribution in [0.4, 0.5) is 4.79 Å². The number of hydrogen-bond donors (Lipinski definition) is 2. The van der Waals surface area contributed by atoms with Crippen LogP contribution in [0.25, 0.3) is 0 Å². The van der Waals surface area contributed by atoms with Crippen LogP contribution in [0.2, 0.25) is 0 Å². The van der Waals surface area contributed by atoms with Gasteiger partial charge in [0.05, 0.1) is 6.10 Å². The standard InChI is InChI=1S/C8H17NO3/c1-3-4-5-9(8(11)12)6-7(2)10/h7,10H,3-6H2,1-2H3,(H,11,12). The van der Waals surface area contributed by atoms with Gasteiger partial charge in [0.1, 0.15) is 0 Å². The second-order valence-corrected chi connectivity index (χ2v) is 2.93. The first-order valence-electron chi connectivity index (χ1n) is 4.23. The predicted molar refractivity (Wildman–Crippen MR) is 46.2 cm³/mol. The Labute approximate surface area is 72.8 Å². The maximum atomic E-state index is 10.6. The smallest absolute Gasteiger partial charge is 0.407 e. The number of unbranched alkanes of at least 4 members (excludes halogenated alkanes) is 1. The number of aliphatic hydroxyl groups is 1. The van der Waals surface area contributed by atoms with Crippen molar-refractivity contribution in [3.05, 3.63) is 0 Å². The van der Waals surface area contributed by atoms with E-state index in [9.17, 15) is 4.79 Å². The quantitative estimate of drug-likeness (QED) is 0.658. The molecule has 0 fully saturated rings. The first kappa shape index (κ1) is 11.2. The van der Waals surface area contributed by atoms with Gasteiger partial charge in [-0.05, 0) is 13.3 Å². The molecule has 4 heteroatoms. The monoisotopic (exact) mass is 175 g/mol. The summed E-state index contributed by atoms with van der Waals surface area (Å²) < 4.78 is 0. The molecule has 0 heterocycles. The highest BCUT2D eigenvalue weighted by molar-refractivity contribution is 5.64. The van der Waals surface area contributed by atoms with Crippen LogP contribution in [0.15, 0.2) is 0 Å². The minimum Gasteiger partial charge on any atom is -0.465 e. The molecule has 1 amide bonds. The summed E-state index contributed by atoms with van der Waals surface area (Å²) >= 11 is 0. The van der Waals surface area contributed by atoms with E-state index in [0.29, 0.717) is 6.54 Å². The summed E-state index contributed by atoms with van der Waals surface area (Å²) in [5.74, 6) is 0. The third-order valence-electron chi connectivity index (χ3n) is 1.54. The summed E-state index contributed by atoms with van der Waals surface area (Å²) in [5, 5.41) is 17.6. The number of amides is 1. The van der Waals surface area contributed by atoms with Crippen molar-refractivity contribution in [1.29, 1.82) is 0 Å². The van der Waals surface area contributed by atoms with Crippen LogP contribution in [-0.2, 0) is 0 Å². The molecule has 0 aliphatic heterocycles. The Kier molecular flexibility index (Phi) is 5.45. The first-order valence-corrected chi connectivity index (χ1v) is 4.23. The van der Waals surface area contributed by atoms with E-state index in [4.69, 9.17) is 10.2 Å². The van der Waals surface area contributed by atoms with Crippen LogP contribution in [-0.4, -0.2) is 40.4 Å². The van der Waals surface area contributed by atoms with Gasteiger partial charge >= 0.3 is 6.09 Å². The van der Waals surface area contributed by atoms with E-state index in [1.165, 1.54) is 4.90 Å². The molecule has 2 N–H and O–H groups in total. The van der Waals surface area contributed by atoms with E-state index >= 15 is 0 Å². The fraction of sp³-hybridized carbons (Fsp3) is 0.875. The molecule has 0 aliphatic rings. The Bertz CT molecular complexity index is 136. The van der Waals surface area contributed by atoms with Gasteiger partial charge in [0.15, 0.2) is 0 Å². The number of carbonyl (C=O) groups is 1. The van der Waals surface area contributed by atoms with Gasteiger partial charge in [-0.25, -0.2) is 4.79 Å². The van der Waals surface area contributed by atoms with Crippen molar-refractivity contribution < 1.29 is 15.0 Å². The van der Waals surface area contributed by atoms with Crippen LogP contribution in [0.5, 0.6) is 0 Å². The Morgan fingerprint density at radius 2 is 2.17 bits per heavy atom. The zero-order chi connectivity index (χ0) is 9.56. The molecule has 0 aromatic heterocycles. The number of nitrogens with zero attached hydrogens (tertiary/aromatic N) is 1. The summed E-state index contributed by atoms with van der Waals surface area (Å²) in [5.41, 5.74) is 0. The van der Waals surface area contributed by atoms with Crippen molar-refractivity contribution in [1.82, 2.24) is 4.90 Å². The molecule has 0 spiro atoms. The maximum absolute atomic E-state index is 10.6. The fourth-order valence-electron chi connectivity index (χ4n) is 0.933. The molecule has 0 aromatic rings. The molecule has 0 rings (SSSR count). The van der Waals surface area contributed by atoms with Crippen molar-refractivity contribution in [2.45, 2.75) is 32.8 Å². The van der Waals surface area contributed by atoms with Crippen molar-refractivity contribution in [3.63, 3.8) is 0 Å². The Morgan fingerprint density at radius 1 is 1.58 bits per heavy atom. The van der Waals surface area contributed by atoms with E-state index in [0.717, 1.165) is 12.8 Å². The average molecular weight is 175 g/mol. The van der Waals surface area contributed by atoms with Gasteiger partial charge in [-0.1, -0.05) is 13.3 Å². The molecular weight excluding hydrogens is 158 g/mol. The second kappa shape index (κ2) is 5.83. The maximum Gasteiger partial charge on any atom is 0.407 e. The molecule has 0 aromatic carbocycles. The van der Waals surface area contributed by atoms with Crippen molar-refractivity contribution in [2.75, 3.05) is 13.1 Å². The van der Waals surface area contributed by atoms with Gasteiger partial charge in [-0.15, -0.1) is 0 Å². The topological polar surface area (TPSA) is 60.8 Å². The summed E-state index contributed by atoms with van der Waals surface area (Å²) in [7, 11) is 0. The summed E-state index contributed by atoms with van der Waals surface area (Å²) in [6.45, 7) is 4.30. The van der Waals surface area contributed by atoms with Crippen LogP contribution in [0.1, 0.15) is 26.7 Å². The van der Waals surface area contributed by atoms with Gasteiger partial charge in [0, 0.05) is 13.1 Å². The molecule has 12 heavy (non-hydrogen) atoms. The summed E-state index contributed by atoms with van der Waals surface area (Å²) in [4.78, 5) is 11.8. The van der Waals surface area contributed by atoms with E-state index in [-0.39, 0.29) is 6.54 Å². The summed E-state index contributed by atoms with van der Waals surface area (Å²) in [6, 6.07) is 0. The van der Waals surface area contributed by atoms with Gasteiger partial charge in [-0.2, -0.15) is 0 Å². The normalized spacial score (nSPS) is 12.6. The predicted octanol–water partition coefficient (Wildman–Crippen LogP) is 1.15. The molecule has 1 unspecified atom stereocenters. The number of hydrogen-bond acceptors (Lipinski definition) is 2. The SMILES string of the molecule is CCCCN(CC(C)O)C(=O)O. The van der Waals surface area contributed by atoms with E-state index in [2.05, 4.69) is 0 Å². The molecule has 0 bridgehead atoms. The third-order valence-corrected chi connectivity index (χ3v) is 1.54. The largest absolute Gasteiger partial charge is 0.465 e. The van der Waals surface area contributed by atoms with Crippen LogP contribution >= 0.6 is 0 Å². The number of aliphatic hydroxyl groups excluding tert-OH is 1. The van der Waals surface area contributed by atoms with E-state index < -0.39 is 12.2 Å². The van der Waals surface area contributed by atoms with Crippen molar-refractivity contribution in [2.24, 2.45) is 0 Å². The Balaban J connectivity index is 3.78. The molecule has 0 saturated heterocycles. The van der Waals surface area contributed by atoms with Crippen LogP contribution in [0, 0.1) is 0 Å². The molecule has 72 valence electrons. The minimum absolute atomic E-state index is 0.204. The summed E-state index contributed by atoms with van der Waals surface area (Å²) in [6.07, 6.45) is 0.269.